The molecule has 0 bridgehead atoms. The van der Waals surface area contributed by atoms with Crippen LogP contribution in [0.1, 0.15) is 29.1 Å². The van der Waals surface area contributed by atoms with Crippen molar-refractivity contribution in [3.63, 3.8) is 0 Å². The van der Waals surface area contributed by atoms with E-state index in [9.17, 15) is 4.79 Å². The molecule has 23 heavy (non-hydrogen) atoms. The topological polar surface area (TPSA) is 83.6 Å². The van der Waals surface area contributed by atoms with Crippen molar-refractivity contribution in [3.8, 4) is 0 Å². The van der Waals surface area contributed by atoms with E-state index < -0.39 is 0 Å². The number of nitrogens with zero attached hydrogens (tertiary/aromatic N) is 3. The molecule has 0 unspecified atom stereocenters. The van der Waals surface area contributed by atoms with Gasteiger partial charge in [0.25, 0.3) is 0 Å². The standard InChI is InChI=1S/C15H14ClN5OS/c1-9(12-6-7-13(16)23-12)15(22)17-11-4-2-10(3-5-11)8-14-18-20-21-19-14/h2-7,9H,8H2,1H3,(H,17,22)(H,18,19,20,21)/t9-/m1/s1. The fourth-order valence-corrected chi connectivity index (χ4v) is 3.20. The minimum Gasteiger partial charge on any atom is -0.326 e. The van der Waals surface area contributed by atoms with Gasteiger partial charge in [0.2, 0.25) is 5.91 Å². The van der Waals surface area contributed by atoms with Gasteiger partial charge in [0.15, 0.2) is 5.82 Å². The highest BCUT2D eigenvalue weighted by molar-refractivity contribution is 7.16. The molecule has 6 nitrogen and oxygen atoms in total. The molecule has 0 saturated heterocycles. The van der Waals surface area contributed by atoms with Crippen LogP contribution in [0.25, 0.3) is 0 Å². The second kappa shape index (κ2) is 6.89. The highest BCUT2D eigenvalue weighted by Gasteiger charge is 2.17. The Morgan fingerprint density at radius 3 is 2.70 bits per heavy atom. The van der Waals surface area contributed by atoms with Crippen molar-refractivity contribution in [3.05, 3.63) is 57.0 Å². The summed E-state index contributed by atoms with van der Waals surface area (Å²) in [7, 11) is 0. The van der Waals surface area contributed by atoms with Crippen molar-refractivity contribution in [2.45, 2.75) is 19.3 Å². The van der Waals surface area contributed by atoms with E-state index in [1.54, 1.807) is 6.07 Å². The summed E-state index contributed by atoms with van der Waals surface area (Å²) >= 11 is 7.34. The molecule has 0 spiro atoms. The number of carbonyl (C=O) groups is 1. The van der Waals surface area contributed by atoms with Gasteiger partial charge in [-0.25, -0.2) is 0 Å². The Balaban J connectivity index is 1.62. The van der Waals surface area contributed by atoms with Crippen LogP contribution in [0.3, 0.4) is 0 Å². The third kappa shape index (κ3) is 3.94. The summed E-state index contributed by atoms with van der Waals surface area (Å²) in [6, 6.07) is 11.3. The lowest BCUT2D eigenvalue weighted by Crippen LogP contribution is -2.18. The molecule has 3 rings (SSSR count). The lowest BCUT2D eigenvalue weighted by atomic mass is 10.1. The number of halogens is 1. The van der Waals surface area contributed by atoms with Gasteiger partial charge in [0.1, 0.15) is 0 Å². The molecule has 2 aromatic heterocycles. The van der Waals surface area contributed by atoms with E-state index >= 15 is 0 Å². The number of hydrogen-bond donors (Lipinski definition) is 2. The number of tetrazole rings is 1. The first-order chi connectivity index (χ1) is 11.1. The summed E-state index contributed by atoms with van der Waals surface area (Å²) < 4.78 is 0.686. The molecule has 3 aromatic rings. The third-order valence-corrected chi connectivity index (χ3v) is 4.80. The summed E-state index contributed by atoms with van der Waals surface area (Å²) in [6.07, 6.45) is 0.592. The number of H-pyrrole nitrogens is 1. The normalized spacial score (nSPS) is 12.1. The lowest BCUT2D eigenvalue weighted by Gasteiger charge is -2.11. The number of aromatic amines is 1. The Morgan fingerprint density at radius 1 is 1.30 bits per heavy atom. The monoisotopic (exact) mass is 347 g/mol. The molecule has 1 amide bonds. The fourth-order valence-electron chi connectivity index (χ4n) is 2.09. The molecule has 118 valence electrons. The van der Waals surface area contributed by atoms with Gasteiger partial charge in [-0.15, -0.1) is 21.5 Å². The molecule has 2 heterocycles. The van der Waals surface area contributed by atoms with E-state index in [0.717, 1.165) is 16.1 Å². The molecular formula is C15H14ClN5OS. The number of rotatable bonds is 5. The molecular weight excluding hydrogens is 334 g/mol. The summed E-state index contributed by atoms with van der Waals surface area (Å²) in [6.45, 7) is 1.86. The second-order valence-electron chi connectivity index (χ2n) is 5.05. The van der Waals surface area contributed by atoms with Gasteiger partial charge in [-0.1, -0.05) is 28.9 Å². The smallest absolute Gasteiger partial charge is 0.232 e. The van der Waals surface area contributed by atoms with Crippen molar-refractivity contribution >= 4 is 34.5 Å². The predicted molar refractivity (Wildman–Crippen MR) is 89.8 cm³/mol. The van der Waals surface area contributed by atoms with Crippen LogP contribution < -0.4 is 5.32 Å². The SMILES string of the molecule is C[C@@H](C(=O)Nc1ccc(Cc2nn[nH]n2)cc1)c1ccc(Cl)s1. The van der Waals surface area contributed by atoms with Gasteiger partial charge < -0.3 is 5.32 Å². The van der Waals surface area contributed by atoms with Gasteiger partial charge in [0, 0.05) is 17.0 Å². The van der Waals surface area contributed by atoms with Crippen molar-refractivity contribution in [2.24, 2.45) is 0 Å². The Morgan fingerprint density at radius 2 is 2.09 bits per heavy atom. The Hall–Kier alpha value is -2.25. The minimum atomic E-state index is -0.244. The van der Waals surface area contributed by atoms with E-state index in [1.807, 2.05) is 37.3 Å². The number of amides is 1. The van der Waals surface area contributed by atoms with Crippen LogP contribution in [0.5, 0.6) is 0 Å². The molecule has 0 aliphatic carbocycles. The quantitative estimate of drug-likeness (QED) is 0.742. The van der Waals surface area contributed by atoms with Gasteiger partial charge in [-0.3, -0.25) is 4.79 Å². The van der Waals surface area contributed by atoms with Crippen LogP contribution in [0.2, 0.25) is 4.34 Å². The Bertz CT molecular complexity index is 785. The zero-order chi connectivity index (χ0) is 16.2. The van der Waals surface area contributed by atoms with Crippen molar-refractivity contribution in [2.75, 3.05) is 5.32 Å². The van der Waals surface area contributed by atoms with Crippen LogP contribution in [-0.4, -0.2) is 26.5 Å². The van der Waals surface area contributed by atoms with Gasteiger partial charge in [-0.2, -0.15) is 5.21 Å². The molecule has 8 heteroatoms. The summed E-state index contributed by atoms with van der Waals surface area (Å²) in [5, 5.41) is 16.7. The molecule has 0 aliphatic heterocycles. The first kappa shape index (κ1) is 15.6. The van der Waals surface area contributed by atoms with Crippen LogP contribution in [0.15, 0.2) is 36.4 Å². The number of nitrogens with one attached hydrogen (secondary N) is 2. The van der Waals surface area contributed by atoms with Gasteiger partial charge in [-0.05, 0) is 36.8 Å². The summed E-state index contributed by atoms with van der Waals surface area (Å²) in [4.78, 5) is 13.2. The number of thiophene rings is 1. The zero-order valence-electron chi connectivity index (χ0n) is 12.3. The first-order valence-electron chi connectivity index (χ1n) is 6.99. The number of benzene rings is 1. The number of carbonyl (C=O) groups excluding carboxylic acids is 1. The highest BCUT2D eigenvalue weighted by Crippen LogP contribution is 2.28. The maximum atomic E-state index is 12.3. The molecule has 2 N–H and O–H groups in total. The van der Waals surface area contributed by atoms with E-state index in [-0.39, 0.29) is 11.8 Å². The van der Waals surface area contributed by atoms with E-state index in [0.29, 0.717) is 16.6 Å². The van der Waals surface area contributed by atoms with Crippen molar-refractivity contribution in [1.29, 1.82) is 0 Å². The minimum absolute atomic E-state index is 0.0607. The predicted octanol–water partition coefficient (Wildman–Crippen LogP) is 3.25. The largest absolute Gasteiger partial charge is 0.326 e. The van der Waals surface area contributed by atoms with Crippen LogP contribution in [0, 0.1) is 0 Å². The maximum Gasteiger partial charge on any atom is 0.232 e. The van der Waals surface area contributed by atoms with Crippen LogP contribution >= 0.6 is 22.9 Å². The van der Waals surface area contributed by atoms with Crippen LogP contribution in [0.4, 0.5) is 5.69 Å². The van der Waals surface area contributed by atoms with Crippen LogP contribution in [-0.2, 0) is 11.2 Å². The fraction of sp³-hybridized carbons (Fsp3) is 0.200. The Kier molecular flexibility index (Phi) is 4.68. The van der Waals surface area contributed by atoms with Gasteiger partial charge in [0.05, 0.1) is 10.3 Å². The number of aromatic nitrogens is 4. The molecule has 1 atom stereocenters. The molecule has 0 saturated carbocycles. The second-order valence-corrected chi connectivity index (χ2v) is 6.80. The molecule has 1 aromatic carbocycles. The van der Waals surface area contributed by atoms with E-state index in [2.05, 4.69) is 25.9 Å². The highest BCUT2D eigenvalue weighted by atomic mass is 35.5. The summed E-state index contributed by atoms with van der Waals surface area (Å²) in [5.41, 5.74) is 1.80. The summed E-state index contributed by atoms with van der Waals surface area (Å²) in [5.74, 6) is 0.325. The average molecular weight is 348 g/mol. The molecule has 0 fully saturated rings. The van der Waals surface area contributed by atoms with Crippen molar-refractivity contribution < 1.29 is 4.79 Å². The average Bonchev–Trinajstić information content (AvgIpc) is 3.20. The van der Waals surface area contributed by atoms with Crippen molar-refractivity contribution in [1.82, 2.24) is 20.6 Å². The lowest BCUT2D eigenvalue weighted by molar-refractivity contribution is -0.117. The molecule has 0 aliphatic rings. The van der Waals surface area contributed by atoms with E-state index in [4.69, 9.17) is 11.6 Å². The third-order valence-electron chi connectivity index (χ3n) is 3.39. The zero-order valence-corrected chi connectivity index (χ0v) is 13.9. The number of anilines is 1. The molecule has 0 radical (unpaired) electrons. The van der Waals surface area contributed by atoms with E-state index in [1.165, 1.54) is 11.3 Å². The number of hydrogen-bond acceptors (Lipinski definition) is 5. The van der Waals surface area contributed by atoms with Gasteiger partial charge >= 0.3 is 0 Å². The first-order valence-corrected chi connectivity index (χ1v) is 8.18. The maximum absolute atomic E-state index is 12.3. The Labute approximate surface area is 141 Å².